The van der Waals surface area contributed by atoms with E-state index in [1.807, 2.05) is 63.2 Å². The normalized spacial score (nSPS) is 14.4. The monoisotopic (exact) mass is 415 g/mol. The number of alkyl carbamates (subject to hydrolysis) is 1. The van der Waals surface area contributed by atoms with Gasteiger partial charge in [-0.1, -0.05) is 18.2 Å². The molecule has 0 aliphatic carbocycles. The fourth-order valence-electron chi connectivity index (χ4n) is 2.99. The average Bonchev–Trinajstić information content (AvgIpc) is 3.25. The largest absolute Gasteiger partial charge is 0.497 e. The highest BCUT2D eigenvalue weighted by Gasteiger charge is 2.19. The highest BCUT2D eigenvalue weighted by molar-refractivity contribution is 5.68. The van der Waals surface area contributed by atoms with Crippen molar-refractivity contribution >= 4 is 6.09 Å². The Morgan fingerprint density at radius 2 is 1.80 bits per heavy atom. The molecule has 2 aromatic carbocycles. The van der Waals surface area contributed by atoms with Crippen molar-refractivity contribution < 1.29 is 28.5 Å². The van der Waals surface area contributed by atoms with E-state index in [-0.39, 0.29) is 6.29 Å². The molecule has 2 aromatic rings. The van der Waals surface area contributed by atoms with Crippen molar-refractivity contribution in [3.05, 3.63) is 48.0 Å². The van der Waals surface area contributed by atoms with Gasteiger partial charge >= 0.3 is 6.09 Å². The summed E-state index contributed by atoms with van der Waals surface area (Å²) in [5, 5.41) is 2.68. The molecule has 30 heavy (non-hydrogen) atoms. The van der Waals surface area contributed by atoms with Gasteiger partial charge in [-0.15, -0.1) is 0 Å². The maximum absolute atomic E-state index is 11.7. The van der Waals surface area contributed by atoms with Crippen LogP contribution in [0.15, 0.2) is 42.5 Å². The lowest BCUT2D eigenvalue weighted by Crippen LogP contribution is -2.34. The van der Waals surface area contributed by atoms with Crippen molar-refractivity contribution in [2.75, 3.05) is 33.5 Å². The summed E-state index contributed by atoms with van der Waals surface area (Å²) in [7, 11) is 1.61. The minimum absolute atomic E-state index is 0.301. The summed E-state index contributed by atoms with van der Waals surface area (Å²) in [6.07, 6.45) is -0.796. The zero-order valence-electron chi connectivity index (χ0n) is 17.9. The second-order valence-electron chi connectivity index (χ2n) is 7.87. The molecular formula is C23H29NO6. The lowest BCUT2D eigenvalue weighted by Gasteiger charge is -2.19. The molecule has 7 nitrogen and oxygen atoms in total. The van der Waals surface area contributed by atoms with Gasteiger partial charge in [-0.2, -0.15) is 0 Å². The topological polar surface area (TPSA) is 75.3 Å². The number of ether oxygens (including phenoxy) is 5. The van der Waals surface area contributed by atoms with E-state index in [9.17, 15) is 4.79 Å². The van der Waals surface area contributed by atoms with Gasteiger partial charge in [-0.05, 0) is 50.1 Å². The Kier molecular flexibility index (Phi) is 7.18. The van der Waals surface area contributed by atoms with Crippen molar-refractivity contribution in [2.24, 2.45) is 0 Å². The Morgan fingerprint density at radius 1 is 1.07 bits per heavy atom. The number of nitrogens with one attached hydrogen (secondary N) is 1. The van der Waals surface area contributed by atoms with Crippen LogP contribution in [0.2, 0.25) is 0 Å². The van der Waals surface area contributed by atoms with Gasteiger partial charge in [-0.25, -0.2) is 4.79 Å². The van der Waals surface area contributed by atoms with Crippen molar-refractivity contribution in [3.63, 3.8) is 0 Å². The Hall–Kier alpha value is -2.77. The molecule has 0 unspecified atom stereocenters. The molecule has 0 bridgehead atoms. The number of hydrogen-bond donors (Lipinski definition) is 1. The van der Waals surface area contributed by atoms with Crippen LogP contribution in [0.4, 0.5) is 4.79 Å². The molecule has 0 spiro atoms. The molecule has 0 saturated carbocycles. The standard InChI is InChI=1S/C23H29NO6/c1-23(2,3)30-22(25)24-8-9-27-20-14-18(13-19(15-20)26-4)16-6-5-7-17(12-16)21-28-10-11-29-21/h5-7,12-15,21H,8-11H2,1-4H3,(H,24,25). The molecule has 1 aliphatic heterocycles. The second kappa shape index (κ2) is 9.82. The Morgan fingerprint density at radius 3 is 2.50 bits per heavy atom. The quantitative estimate of drug-likeness (QED) is 0.679. The lowest BCUT2D eigenvalue weighted by atomic mass is 10.0. The number of carbonyl (C=O) groups excluding carboxylic acids is 1. The summed E-state index contributed by atoms with van der Waals surface area (Å²) in [6.45, 7) is 7.29. The molecule has 162 valence electrons. The molecule has 7 heteroatoms. The maximum atomic E-state index is 11.7. The highest BCUT2D eigenvalue weighted by atomic mass is 16.7. The number of carbonyl (C=O) groups is 1. The number of amides is 1. The molecule has 1 saturated heterocycles. The van der Waals surface area contributed by atoms with Gasteiger partial charge in [0.05, 0.1) is 26.9 Å². The van der Waals surface area contributed by atoms with Crippen molar-refractivity contribution in [1.82, 2.24) is 5.32 Å². The zero-order chi connectivity index (χ0) is 21.6. The molecule has 1 fully saturated rings. The van der Waals surface area contributed by atoms with Crippen LogP contribution in [0.3, 0.4) is 0 Å². The molecule has 1 aliphatic rings. The molecule has 0 aromatic heterocycles. The number of hydrogen-bond acceptors (Lipinski definition) is 6. The molecule has 1 heterocycles. The van der Waals surface area contributed by atoms with Crippen molar-refractivity contribution in [3.8, 4) is 22.6 Å². The Labute approximate surface area is 177 Å². The first kappa shape index (κ1) is 21.9. The van der Waals surface area contributed by atoms with Crippen LogP contribution in [-0.4, -0.2) is 45.2 Å². The summed E-state index contributed by atoms with van der Waals surface area (Å²) in [6, 6.07) is 13.7. The Balaban J connectivity index is 1.65. The SMILES string of the molecule is COc1cc(OCCNC(=O)OC(C)(C)C)cc(-c2cccc(C3OCCO3)c2)c1. The van der Waals surface area contributed by atoms with E-state index >= 15 is 0 Å². The highest BCUT2D eigenvalue weighted by Crippen LogP contribution is 2.32. The Bertz CT molecular complexity index is 855. The summed E-state index contributed by atoms with van der Waals surface area (Å²) >= 11 is 0. The predicted octanol–water partition coefficient (Wildman–Crippen LogP) is 4.31. The fourth-order valence-corrected chi connectivity index (χ4v) is 2.99. The van der Waals surface area contributed by atoms with E-state index in [0.29, 0.717) is 37.9 Å². The number of methoxy groups -OCH3 is 1. The molecule has 1 amide bonds. The van der Waals surface area contributed by atoms with Gasteiger partial charge in [0, 0.05) is 11.6 Å². The van der Waals surface area contributed by atoms with Gasteiger partial charge < -0.3 is 29.0 Å². The predicted molar refractivity (Wildman–Crippen MR) is 113 cm³/mol. The summed E-state index contributed by atoms with van der Waals surface area (Å²) in [5.74, 6) is 1.33. The average molecular weight is 415 g/mol. The lowest BCUT2D eigenvalue weighted by molar-refractivity contribution is -0.0440. The van der Waals surface area contributed by atoms with Gasteiger partial charge in [0.2, 0.25) is 0 Å². The third kappa shape index (κ3) is 6.37. The zero-order valence-corrected chi connectivity index (χ0v) is 17.9. The van der Waals surface area contributed by atoms with E-state index < -0.39 is 11.7 Å². The molecule has 0 atom stereocenters. The van der Waals surface area contributed by atoms with Crippen LogP contribution < -0.4 is 14.8 Å². The van der Waals surface area contributed by atoms with Crippen LogP contribution >= 0.6 is 0 Å². The van der Waals surface area contributed by atoms with Crippen LogP contribution in [0.5, 0.6) is 11.5 Å². The van der Waals surface area contributed by atoms with E-state index in [1.54, 1.807) is 7.11 Å². The van der Waals surface area contributed by atoms with Crippen LogP contribution in [0.25, 0.3) is 11.1 Å². The molecular weight excluding hydrogens is 386 g/mol. The second-order valence-corrected chi connectivity index (χ2v) is 7.87. The van der Waals surface area contributed by atoms with Gasteiger partial charge in [-0.3, -0.25) is 0 Å². The summed E-state index contributed by atoms with van der Waals surface area (Å²) in [4.78, 5) is 11.7. The molecule has 0 radical (unpaired) electrons. The van der Waals surface area contributed by atoms with E-state index in [0.717, 1.165) is 16.7 Å². The van der Waals surface area contributed by atoms with Gasteiger partial charge in [0.1, 0.15) is 23.7 Å². The van der Waals surface area contributed by atoms with Gasteiger partial charge in [0.25, 0.3) is 0 Å². The number of benzene rings is 2. The minimum atomic E-state index is -0.532. The minimum Gasteiger partial charge on any atom is -0.497 e. The van der Waals surface area contributed by atoms with Crippen LogP contribution in [0.1, 0.15) is 32.6 Å². The van der Waals surface area contributed by atoms with Crippen molar-refractivity contribution in [1.29, 1.82) is 0 Å². The van der Waals surface area contributed by atoms with E-state index in [1.165, 1.54) is 0 Å². The van der Waals surface area contributed by atoms with E-state index in [4.69, 9.17) is 23.7 Å². The number of rotatable bonds is 7. The van der Waals surface area contributed by atoms with Crippen molar-refractivity contribution in [2.45, 2.75) is 32.7 Å². The van der Waals surface area contributed by atoms with Crippen LogP contribution in [-0.2, 0) is 14.2 Å². The summed E-state index contributed by atoms with van der Waals surface area (Å²) in [5.41, 5.74) is 2.39. The van der Waals surface area contributed by atoms with Gasteiger partial charge in [0.15, 0.2) is 6.29 Å². The fraction of sp³-hybridized carbons (Fsp3) is 0.435. The smallest absolute Gasteiger partial charge is 0.407 e. The summed E-state index contributed by atoms with van der Waals surface area (Å²) < 4.78 is 27.7. The first-order valence-electron chi connectivity index (χ1n) is 9.96. The first-order valence-corrected chi connectivity index (χ1v) is 9.96. The molecule has 3 rings (SSSR count). The third-order valence-corrected chi connectivity index (χ3v) is 4.27. The third-order valence-electron chi connectivity index (χ3n) is 4.27. The first-order chi connectivity index (χ1) is 14.3. The van der Waals surface area contributed by atoms with E-state index in [2.05, 4.69) is 5.32 Å². The maximum Gasteiger partial charge on any atom is 0.407 e. The van der Waals surface area contributed by atoms with Crippen LogP contribution in [0, 0.1) is 0 Å². The molecule has 1 N–H and O–H groups in total.